The Kier molecular flexibility index (Phi) is 2.96. The first kappa shape index (κ1) is 11.1. The molecule has 0 amide bonds. The van der Waals surface area contributed by atoms with E-state index < -0.39 is 17.9 Å². The largest absolute Gasteiger partial charge is 0.496 e. The zero-order valence-electron chi connectivity index (χ0n) is 8.53. The van der Waals surface area contributed by atoms with Crippen LogP contribution in [-0.2, 0) is 14.3 Å². The van der Waals surface area contributed by atoms with Crippen molar-refractivity contribution in [3.63, 3.8) is 0 Å². The van der Waals surface area contributed by atoms with E-state index >= 15 is 0 Å². The number of halogens is 1. The van der Waals surface area contributed by atoms with Gasteiger partial charge < -0.3 is 9.47 Å². The third kappa shape index (κ3) is 1.82. The molecule has 0 saturated carbocycles. The Labute approximate surface area is 101 Å². The van der Waals surface area contributed by atoms with E-state index in [0.29, 0.717) is 10.2 Å². The highest BCUT2D eigenvalue weighted by molar-refractivity contribution is 9.10. The molecule has 0 radical (unpaired) electrons. The maximum absolute atomic E-state index is 11.4. The van der Waals surface area contributed by atoms with E-state index in [2.05, 4.69) is 20.7 Å². The topological polar surface area (TPSA) is 52.6 Å². The molecule has 1 fully saturated rings. The molecule has 1 atom stereocenters. The Hall–Kier alpha value is -1.36. The number of benzene rings is 1. The van der Waals surface area contributed by atoms with E-state index in [-0.39, 0.29) is 6.42 Å². The molecule has 1 aromatic carbocycles. The van der Waals surface area contributed by atoms with Crippen molar-refractivity contribution in [3.05, 3.63) is 28.2 Å². The first-order chi connectivity index (χ1) is 7.63. The van der Waals surface area contributed by atoms with Gasteiger partial charge in [-0.25, -0.2) is 0 Å². The third-order valence-electron chi connectivity index (χ3n) is 2.46. The van der Waals surface area contributed by atoms with Crippen LogP contribution in [0.25, 0.3) is 0 Å². The van der Waals surface area contributed by atoms with Gasteiger partial charge in [0.25, 0.3) is 0 Å². The molecular formula is C11H9BrO4. The molecule has 1 saturated heterocycles. The number of hydrogen-bond acceptors (Lipinski definition) is 4. The number of rotatable bonds is 2. The Morgan fingerprint density at radius 2 is 2.19 bits per heavy atom. The minimum Gasteiger partial charge on any atom is -0.496 e. The maximum atomic E-state index is 11.4. The molecule has 16 heavy (non-hydrogen) atoms. The fourth-order valence-electron chi connectivity index (χ4n) is 1.67. The summed E-state index contributed by atoms with van der Waals surface area (Å²) >= 11 is 3.35. The zero-order valence-corrected chi connectivity index (χ0v) is 10.1. The predicted octanol–water partition coefficient (Wildman–Crippen LogP) is 2.01. The quantitative estimate of drug-likeness (QED) is 0.616. The molecule has 0 aromatic heterocycles. The third-order valence-corrected chi connectivity index (χ3v) is 3.31. The second kappa shape index (κ2) is 4.25. The lowest BCUT2D eigenvalue weighted by molar-refractivity contribution is -0.152. The van der Waals surface area contributed by atoms with Crippen LogP contribution in [0.1, 0.15) is 17.9 Å². The molecule has 1 heterocycles. The Balaban J connectivity index is 2.41. The molecule has 0 N–H and O–H groups in total. The molecule has 0 bridgehead atoms. The van der Waals surface area contributed by atoms with Gasteiger partial charge in [0, 0.05) is 0 Å². The van der Waals surface area contributed by atoms with Gasteiger partial charge in [-0.2, -0.15) is 0 Å². The summed E-state index contributed by atoms with van der Waals surface area (Å²) in [5.74, 6) is -0.884. The monoisotopic (exact) mass is 284 g/mol. The van der Waals surface area contributed by atoms with Crippen molar-refractivity contribution in [2.45, 2.75) is 12.3 Å². The molecular weight excluding hydrogens is 276 g/mol. The van der Waals surface area contributed by atoms with Crippen LogP contribution in [0.5, 0.6) is 5.75 Å². The average Bonchev–Trinajstić information content (AvgIpc) is 2.58. The lowest BCUT2D eigenvalue weighted by Crippen LogP contribution is -2.06. The molecule has 2 rings (SSSR count). The van der Waals surface area contributed by atoms with Crippen molar-refractivity contribution < 1.29 is 19.1 Å². The Morgan fingerprint density at radius 1 is 1.44 bits per heavy atom. The van der Waals surface area contributed by atoms with Crippen LogP contribution in [-0.4, -0.2) is 19.0 Å². The van der Waals surface area contributed by atoms with Crippen molar-refractivity contribution in [2.24, 2.45) is 0 Å². The van der Waals surface area contributed by atoms with Gasteiger partial charge in [0.2, 0.25) is 0 Å². The average molecular weight is 285 g/mol. The van der Waals surface area contributed by atoms with Crippen LogP contribution >= 0.6 is 15.9 Å². The van der Waals surface area contributed by atoms with Gasteiger partial charge in [-0.3, -0.25) is 9.59 Å². The summed E-state index contributed by atoms with van der Waals surface area (Å²) in [6.07, 6.45) is 0.0879. The van der Waals surface area contributed by atoms with Crippen molar-refractivity contribution >= 4 is 27.9 Å². The first-order valence-corrected chi connectivity index (χ1v) is 5.49. The minimum atomic E-state index is -0.531. The summed E-state index contributed by atoms with van der Waals surface area (Å²) in [5, 5.41) is 0. The van der Waals surface area contributed by atoms with Gasteiger partial charge in [-0.15, -0.1) is 0 Å². The van der Waals surface area contributed by atoms with E-state index in [4.69, 9.17) is 4.74 Å². The van der Waals surface area contributed by atoms with Crippen LogP contribution < -0.4 is 4.74 Å². The highest BCUT2D eigenvalue weighted by Gasteiger charge is 2.36. The van der Waals surface area contributed by atoms with E-state index in [1.807, 2.05) is 0 Å². The smallest absolute Gasteiger partial charge is 0.321 e. The van der Waals surface area contributed by atoms with Crippen molar-refractivity contribution in [1.29, 1.82) is 0 Å². The van der Waals surface area contributed by atoms with Crippen molar-refractivity contribution in [2.75, 3.05) is 7.11 Å². The summed E-state index contributed by atoms with van der Waals surface area (Å²) in [6.45, 7) is 0. The molecule has 1 unspecified atom stereocenters. The number of methoxy groups -OCH3 is 1. The standard InChI is InChI=1S/C11H9BrO4/c1-15-8-4-2-3-6(10(8)12)7-5-9(13)16-11(7)14/h2-4,7H,5H2,1H3. The molecule has 5 heteroatoms. The SMILES string of the molecule is COc1cccc(C2CC(=O)OC2=O)c1Br. The van der Waals surface area contributed by atoms with Crippen LogP contribution in [0.2, 0.25) is 0 Å². The molecule has 1 aromatic rings. The number of carbonyl (C=O) groups excluding carboxylic acids is 2. The van der Waals surface area contributed by atoms with Gasteiger partial charge >= 0.3 is 11.9 Å². The van der Waals surface area contributed by atoms with Gasteiger partial charge in [-0.1, -0.05) is 12.1 Å². The van der Waals surface area contributed by atoms with E-state index in [9.17, 15) is 9.59 Å². The van der Waals surface area contributed by atoms with E-state index in [0.717, 1.165) is 5.56 Å². The summed E-state index contributed by atoms with van der Waals surface area (Å²) in [4.78, 5) is 22.4. The number of esters is 2. The summed E-state index contributed by atoms with van der Waals surface area (Å²) < 4.78 is 10.3. The summed E-state index contributed by atoms with van der Waals surface area (Å²) in [5.41, 5.74) is 0.718. The van der Waals surface area contributed by atoms with Gasteiger partial charge in [0.1, 0.15) is 5.75 Å². The second-order valence-corrected chi connectivity index (χ2v) is 4.21. The molecule has 84 valence electrons. The maximum Gasteiger partial charge on any atom is 0.321 e. The van der Waals surface area contributed by atoms with E-state index in [1.165, 1.54) is 0 Å². The highest BCUT2D eigenvalue weighted by atomic mass is 79.9. The predicted molar refractivity (Wildman–Crippen MR) is 59.2 cm³/mol. The lowest BCUT2D eigenvalue weighted by atomic mass is 9.97. The van der Waals surface area contributed by atoms with Gasteiger partial charge in [0.05, 0.1) is 23.9 Å². The van der Waals surface area contributed by atoms with Crippen LogP contribution in [0.3, 0.4) is 0 Å². The fourth-order valence-corrected chi connectivity index (χ4v) is 2.37. The van der Waals surface area contributed by atoms with Gasteiger partial charge in [0.15, 0.2) is 0 Å². The second-order valence-electron chi connectivity index (χ2n) is 3.41. The lowest BCUT2D eigenvalue weighted by Gasteiger charge is -2.10. The number of hydrogen-bond donors (Lipinski definition) is 0. The molecule has 0 spiro atoms. The Morgan fingerprint density at radius 3 is 2.75 bits per heavy atom. The fraction of sp³-hybridized carbons (Fsp3) is 0.273. The van der Waals surface area contributed by atoms with Crippen LogP contribution in [0.4, 0.5) is 0 Å². The van der Waals surface area contributed by atoms with Crippen LogP contribution in [0, 0.1) is 0 Å². The number of cyclic esters (lactones) is 2. The minimum absolute atomic E-state index is 0.0879. The highest BCUT2D eigenvalue weighted by Crippen LogP contribution is 2.37. The van der Waals surface area contributed by atoms with Crippen molar-refractivity contribution in [1.82, 2.24) is 0 Å². The summed E-state index contributed by atoms with van der Waals surface area (Å²) in [6, 6.07) is 5.32. The Bertz CT molecular complexity index is 455. The van der Waals surface area contributed by atoms with Crippen molar-refractivity contribution in [3.8, 4) is 5.75 Å². The summed E-state index contributed by atoms with van der Waals surface area (Å²) in [7, 11) is 1.54. The zero-order chi connectivity index (χ0) is 11.7. The normalized spacial score (nSPS) is 19.8. The van der Waals surface area contributed by atoms with Crippen LogP contribution in [0.15, 0.2) is 22.7 Å². The molecule has 1 aliphatic rings. The number of ether oxygens (including phenoxy) is 2. The molecule has 1 aliphatic heterocycles. The molecule has 0 aliphatic carbocycles. The first-order valence-electron chi connectivity index (χ1n) is 4.70. The van der Waals surface area contributed by atoms with E-state index in [1.54, 1.807) is 25.3 Å². The van der Waals surface area contributed by atoms with Gasteiger partial charge in [-0.05, 0) is 27.6 Å². The molecule has 4 nitrogen and oxygen atoms in total. The number of carbonyl (C=O) groups is 2.